The first-order valence-electron chi connectivity index (χ1n) is 4.53. The molecule has 0 fully saturated rings. The molecule has 1 aromatic carbocycles. The van der Waals surface area contributed by atoms with E-state index in [9.17, 15) is 4.91 Å². The van der Waals surface area contributed by atoms with E-state index >= 15 is 0 Å². The van der Waals surface area contributed by atoms with Crippen LogP contribution in [0, 0.1) is 4.91 Å². The molecule has 17 heavy (non-hydrogen) atoms. The van der Waals surface area contributed by atoms with E-state index in [1.54, 1.807) is 18.2 Å². The summed E-state index contributed by atoms with van der Waals surface area (Å²) in [6, 6.07) is 4.97. The van der Waals surface area contributed by atoms with Crippen LogP contribution in [0.4, 0.5) is 11.8 Å². The lowest BCUT2D eigenvalue weighted by molar-refractivity contribution is -0.550. The van der Waals surface area contributed by atoms with Crippen molar-refractivity contribution in [3.63, 3.8) is 0 Å². The third-order valence-electron chi connectivity index (χ3n) is 2.13. The van der Waals surface area contributed by atoms with Gasteiger partial charge in [0.05, 0.1) is 14.6 Å². The van der Waals surface area contributed by atoms with Crippen molar-refractivity contribution >= 4 is 35.0 Å². The maximum atomic E-state index is 11.3. The van der Waals surface area contributed by atoms with Gasteiger partial charge in [0.2, 0.25) is 5.82 Å². The molecule has 2 aromatic rings. The lowest BCUT2D eigenvalue weighted by Crippen LogP contribution is -2.27. The van der Waals surface area contributed by atoms with Gasteiger partial charge in [-0.1, -0.05) is 40.2 Å². The van der Waals surface area contributed by atoms with Gasteiger partial charge in [-0.15, -0.1) is 0 Å². The highest BCUT2D eigenvalue weighted by Crippen LogP contribution is 2.33. The molecule has 0 aliphatic carbocycles. The van der Waals surface area contributed by atoms with Crippen LogP contribution >= 0.6 is 23.2 Å². The summed E-state index contributed by atoms with van der Waals surface area (Å²) < 4.78 is 0.295. The predicted molar refractivity (Wildman–Crippen MR) is 66.2 cm³/mol. The van der Waals surface area contributed by atoms with Gasteiger partial charge in [-0.2, -0.15) is 0 Å². The molecular weight excluding hydrogens is 265 g/mol. The van der Waals surface area contributed by atoms with E-state index in [1.807, 2.05) is 0 Å². The van der Waals surface area contributed by atoms with Crippen LogP contribution < -0.4 is 16.0 Å². The van der Waals surface area contributed by atoms with Crippen molar-refractivity contribution in [2.24, 2.45) is 0 Å². The first-order chi connectivity index (χ1) is 8.00. The van der Waals surface area contributed by atoms with E-state index < -0.39 is 0 Å². The van der Waals surface area contributed by atoms with E-state index in [4.69, 9.17) is 34.7 Å². The molecule has 0 bridgehead atoms. The number of hydrogen-bond acceptors (Lipinski definition) is 4. The molecule has 0 atom stereocenters. The average molecular weight is 273 g/mol. The van der Waals surface area contributed by atoms with E-state index in [0.717, 1.165) is 0 Å². The normalized spacial score (nSPS) is 10.5. The number of hydrogen-bond donors (Lipinski definition) is 3. The van der Waals surface area contributed by atoms with Gasteiger partial charge in [0, 0.05) is 5.56 Å². The summed E-state index contributed by atoms with van der Waals surface area (Å²) in [6.07, 6.45) is 0. The maximum absolute atomic E-state index is 11.3. The summed E-state index contributed by atoms with van der Waals surface area (Å²) in [5.74, 6) is -0.205. The molecule has 0 saturated carbocycles. The lowest BCUT2D eigenvalue weighted by Gasteiger charge is -2.04. The van der Waals surface area contributed by atoms with Crippen LogP contribution in [0.3, 0.4) is 0 Å². The standard InChI is InChI=1S/C9H8Cl2N5O/c10-5-3-1-2-4(6(5)11)7-8(12)14-9(13)16(17)15-7/h1-3H,(H,15,17)(H4,12,13,14)/q+1. The van der Waals surface area contributed by atoms with Gasteiger partial charge in [-0.05, 0) is 11.1 Å². The molecule has 1 aromatic heterocycles. The minimum atomic E-state index is -0.274. The van der Waals surface area contributed by atoms with Gasteiger partial charge in [0.15, 0.2) is 0 Å². The number of aromatic nitrogens is 3. The smallest absolute Gasteiger partial charge is 0.368 e. The second kappa shape index (κ2) is 4.23. The molecule has 5 N–H and O–H groups in total. The Bertz CT molecular complexity index is 640. The van der Waals surface area contributed by atoms with Gasteiger partial charge < -0.3 is 5.73 Å². The zero-order valence-corrected chi connectivity index (χ0v) is 9.96. The summed E-state index contributed by atoms with van der Waals surface area (Å²) in [7, 11) is 0. The molecule has 2 rings (SSSR count). The van der Waals surface area contributed by atoms with Gasteiger partial charge in [0.25, 0.3) is 0 Å². The molecule has 0 aliphatic rings. The fourth-order valence-corrected chi connectivity index (χ4v) is 1.73. The van der Waals surface area contributed by atoms with Crippen LogP contribution in [-0.4, -0.2) is 10.1 Å². The molecule has 8 heteroatoms. The minimum absolute atomic E-state index is 0.0683. The minimum Gasteiger partial charge on any atom is -0.368 e. The van der Waals surface area contributed by atoms with Crippen molar-refractivity contribution in [2.75, 3.05) is 11.5 Å². The number of rotatable bonds is 1. The quantitative estimate of drug-likeness (QED) is 0.684. The Balaban J connectivity index is 2.73. The van der Waals surface area contributed by atoms with Crippen LogP contribution in [0.1, 0.15) is 0 Å². The molecule has 0 saturated heterocycles. The Labute approximate surface area is 106 Å². The molecule has 0 unspecified atom stereocenters. The molecule has 0 amide bonds. The Morgan fingerprint density at radius 1 is 1.29 bits per heavy atom. The number of aromatic amines is 1. The zero-order chi connectivity index (χ0) is 12.6. The molecule has 88 valence electrons. The van der Waals surface area contributed by atoms with Gasteiger partial charge >= 0.3 is 5.95 Å². The first kappa shape index (κ1) is 11.7. The highest BCUT2D eigenvalue weighted by atomic mass is 35.5. The summed E-state index contributed by atoms with van der Waals surface area (Å²) in [6.45, 7) is 0. The third kappa shape index (κ3) is 2.04. The average Bonchev–Trinajstić information content (AvgIpc) is 2.28. The van der Waals surface area contributed by atoms with E-state index in [-0.39, 0.29) is 22.5 Å². The monoisotopic (exact) mass is 272 g/mol. The second-order valence-corrected chi connectivity index (χ2v) is 4.02. The summed E-state index contributed by atoms with van der Waals surface area (Å²) >= 11 is 11.9. The maximum Gasteiger partial charge on any atom is 0.451 e. The van der Waals surface area contributed by atoms with Crippen molar-refractivity contribution in [1.29, 1.82) is 0 Å². The number of anilines is 2. The summed E-state index contributed by atoms with van der Waals surface area (Å²) in [5, 5.41) is 3.07. The molecule has 0 radical (unpaired) electrons. The lowest BCUT2D eigenvalue weighted by atomic mass is 10.1. The predicted octanol–water partition coefficient (Wildman–Crippen LogP) is 1.46. The molecule has 1 heterocycles. The number of nitrogens with two attached hydrogens (primary N) is 2. The topological polar surface area (TPSA) is 104 Å². The summed E-state index contributed by atoms with van der Waals surface area (Å²) in [5.41, 5.74) is 11.7. The number of nitrogens with one attached hydrogen (secondary N) is 1. The Kier molecular flexibility index (Phi) is 2.91. The zero-order valence-electron chi connectivity index (χ0n) is 8.45. The van der Waals surface area contributed by atoms with Crippen molar-refractivity contribution < 1.29 is 4.54 Å². The number of benzene rings is 1. The van der Waals surface area contributed by atoms with Crippen LogP contribution in [0.25, 0.3) is 11.3 Å². The van der Waals surface area contributed by atoms with Crippen LogP contribution in [0.2, 0.25) is 10.0 Å². The van der Waals surface area contributed by atoms with Crippen molar-refractivity contribution in [3.8, 4) is 11.3 Å². The highest BCUT2D eigenvalue weighted by Gasteiger charge is 2.17. The molecular formula is C9H8Cl2N5O+. The molecule has 6 nitrogen and oxygen atoms in total. The molecule has 0 aliphatic heterocycles. The van der Waals surface area contributed by atoms with Gasteiger partial charge in [-0.25, -0.2) is 5.10 Å². The number of H-pyrrole nitrogens is 1. The fourth-order valence-electron chi connectivity index (χ4n) is 1.34. The molecule has 0 spiro atoms. The summed E-state index contributed by atoms with van der Waals surface area (Å²) in [4.78, 5) is 15.0. The van der Waals surface area contributed by atoms with E-state index in [0.29, 0.717) is 15.1 Å². The number of halogens is 2. The van der Waals surface area contributed by atoms with Crippen molar-refractivity contribution in [2.45, 2.75) is 0 Å². The second-order valence-electron chi connectivity index (χ2n) is 3.24. The number of nitrogens with zero attached hydrogens (tertiary/aromatic N) is 2. The van der Waals surface area contributed by atoms with E-state index in [1.165, 1.54) is 0 Å². The van der Waals surface area contributed by atoms with Gasteiger partial charge in [-0.3, -0.25) is 5.73 Å². The number of nitrogen functional groups attached to an aromatic ring is 2. The Morgan fingerprint density at radius 3 is 2.71 bits per heavy atom. The van der Waals surface area contributed by atoms with Gasteiger partial charge in [0.1, 0.15) is 5.69 Å². The highest BCUT2D eigenvalue weighted by molar-refractivity contribution is 6.43. The largest absolute Gasteiger partial charge is 0.451 e. The van der Waals surface area contributed by atoms with Crippen molar-refractivity contribution in [3.05, 3.63) is 33.2 Å². The van der Waals surface area contributed by atoms with Crippen LogP contribution in [0.15, 0.2) is 18.2 Å². The first-order valence-corrected chi connectivity index (χ1v) is 5.28. The SMILES string of the molecule is Nc1nc(N)[n+](=O)[nH]c1-c1cccc(Cl)c1Cl. The van der Waals surface area contributed by atoms with E-state index in [2.05, 4.69) is 10.1 Å². The third-order valence-corrected chi connectivity index (χ3v) is 2.95. The van der Waals surface area contributed by atoms with Crippen LogP contribution in [-0.2, 0) is 0 Å². The Morgan fingerprint density at radius 2 is 2.00 bits per heavy atom. The fraction of sp³-hybridized carbons (Fsp3) is 0. The van der Waals surface area contributed by atoms with Crippen LogP contribution in [0.5, 0.6) is 0 Å². The van der Waals surface area contributed by atoms with Crippen molar-refractivity contribution in [1.82, 2.24) is 10.1 Å². The Hall–Kier alpha value is -1.79.